The van der Waals surface area contributed by atoms with Gasteiger partial charge >= 0.3 is 0 Å². The van der Waals surface area contributed by atoms with Gasteiger partial charge in [0.25, 0.3) is 0 Å². The number of rotatable bonds is 2. The first-order valence-corrected chi connectivity index (χ1v) is 7.58. The molecule has 3 nitrogen and oxygen atoms in total. The van der Waals surface area contributed by atoms with E-state index in [9.17, 15) is 0 Å². The standard InChI is InChI=1S/C14H15Br2N3/c1-7(2)12-11(16)13(17)19-14(18-12)9-5-4-8(3)6-10(9)15/h4-7H,1-3H3,(H2,17,18,19). The molecular weight excluding hydrogens is 370 g/mol. The van der Waals surface area contributed by atoms with Gasteiger partial charge in [0.2, 0.25) is 0 Å². The summed E-state index contributed by atoms with van der Waals surface area (Å²) in [6.07, 6.45) is 0. The molecule has 2 aromatic rings. The fourth-order valence-electron chi connectivity index (χ4n) is 1.79. The van der Waals surface area contributed by atoms with Gasteiger partial charge in [-0.05, 0) is 46.5 Å². The Labute approximate surface area is 129 Å². The van der Waals surface area contributed by atoms with Gasteiger partial charge in [-0.2, -0.15) is 0 Å². The lowest BCUT2D eigenvalue weighted by Gasteiger charge is -2.12. The Bertz CT molecular complexity index is 624. The summed E-state index contributed by atoms with van der Waals surface area (Å²) in [6.45, 7) is 6.21. The summed E-state index contributed by atoms with van der Waals surface area (Å²) in [7, 11) is 0. The maximum atomic E-state index is 5.96. The van der Waals surface area contributed by atoms with Crippen LogP contribution in [0.5, 0.6) is 0 Å². The number of nitrogens with two attached hydrogens (primary N) is 1. The third-order valence-electron chi connectivity index (χ3n) is 2.81. The molecule has 2 rings (SSSR count). The summed E-state index contributed by atoms with van der Waals surface area (Å²) in [5, 5.41) is 0. The van der Waals surface area contributed by atoms with E-state index in [1.165, 1.54) is 5.56 Å². The number of anilines is 1. The summed E-state index contributed by atoms with van der Waals surface area (Å²) >= 11 is 7.01. The predicted octanol–water partition coefficient (Wildman–Crippen LogP) is 4.68. The fraction of sp³-hybridized carbons (Fsp3) is 0.286. The number of benzene rings is 1. The van der Waals surface area contributed by atoms with Crippen LogP contribution in [-0.2, 0) is 0 Å². The molecule has 1 aromatic carbocycles. The fourth-order valence-corrected chi connectivity index (χ4v) is 3.09. The number of nitrogens with zero attached hydrogens (tertiary/aromatic N) is 2. The van der Waals surface area contributed by atoms with Crippen molar-refractivity contribution in [3.63, 3.8) is 0 Å². The molecule has 0 atom stereocenters. The van der Waals surface area contributed by atoms with Crippen molar-refractivity contribution >= 4 is 37.7 Å². The third-order valence-corrected chi connectivity index (χ3v) is 4.28. The average Bonchev–Trinajstić information content (AvgIpc) is 2.32. The van der Waals surface area contributed by atoms with Crippen LogP contribution in [0.15, 0.2) is 27.1 Å². The number of halogens is 2. The number of aromatic nitrogens is 2. The van der Waals surface area contributed by atoms with Crippen molar-refractivity contribution in [1.82, 2.24) is 9.97 Å². The Morgan fingerprint density at radius 3 is 2.42 bits per heavy atom. The molecule has 5 heteroatoms. The van der Waals surface area contributed by atoms with Crippen LogP contribution in [0.2, 0.25) is 0 Å². The minimum Gasteiger partial charge on any atom is -0.383 e. The smallest absolute Gasteiger partial charge is 0.162 e. The minimum absolute atomic E-state index is 0.280. The zero-order chi connectivity index (χ0) is 14.2. The number of aryl methyl sites for hydroxylation is 1. The first-order valence-electron chi connectivity index (χ1n) is 5.99. The average molecular weight is 385 g/mol. The molecule has 0 radical (unpaired) electrons. The minimum atomic E-state index is 0.280. The topological polar surface area (TPSA) is 51.8 Å². The quantitative estimate of drug-likeness (QED) is 0.817. The molecule has 100 valence electrons. The van der Waals surface area contributed by atoms with Crippen LogP contribution in [-0.4, -0.2) is 9.97 Å². The highest BCUT2D eigenvalue weighted by molar-refractivity contribution is 9.11. The van der Waals surface area contributed by atoms with E-state index in [1.54, 1.807) is 0 Å². The van der Waals surface area contributed by atoms with Gasteiger partial charge < -0.3 is 5.73 Å². The van der Waals surface area contributed by atoms with Crippen LogP contribution in [0.3, 0.4) is 0 Å². The van der Waals surface area contributed by atoms with Gasteiger partial charge in [0.15, 0.2) is 5.82 Å². The molecule has 0 fully saturated rings. The molecule has 0 aliphatic heterocycles. The number of hydrogen-bond donors (Lipinski definition) is 1. The van der Waals surface area contributed by atoms with E-state index in [0.29, 0.717) is 11.6 Å². The van der Waals surface area contributed by atoms with Crippen molar-refractivity contribution in [3.8, 4) is 11.4 Å². The van der Waals surface area contributed by atoms with Crippen molar-refractivity contribution in [2.45, 2.75) is 26.7 Å². The maximum Gasteiger partial charge on any atom is 0.162 e. The predicted molar refractivity (Wildman–Crippen MR) is 86.1 cm³/mol. The Balaban J connectivity index is 2.63. The van der Waals surface area contributed by atoms with Crippen LogP contribution in [0.25, 0.3) is 11.4 Å². The van der Waals surface area contributed by atoms with Gasteiger partial charge in [0.05, 0.1) is 10.2 Å². The normalized spacial score (nSPS) is 11.1. The molecule has 1 heterocycles. The van der Waals surface area contributed by atoms with Gasteiger partial charge in [-0.3, -0.25) is 0 Å². The second-order valence-electron chi connectivity index (χ2n) is 4.77. The first kappa shape index (κ1) is 14.5. The third kappa shape index (κ3) is 2.98. The molecule has 0 spiro atoms. The second-order valence-corrected chi connectivity index (χ2v) is 6.42. The van der Waals surface area contributed by atoms with Crippen LogP contribution >= 0.6 is 31.9 Å². The number of nitrogen functional groups attached to an aromatic ring is 1. The SMILES string of the molecule is Cc1ccc(-c2nc(N)c(Br)c(C(C)C)n2)c(Br)c1. The van der Waals surface area contributed by atoms with Crippen molar-refractivity contribution < 1.29 is 0 Å². The van der Waals surface area contributed by atoms with Crippen LogP contribution in [0.1, 0.15) is 31.0 Å². The highest BCUT2D eigenvalue weighted by Gasteiger charge is 2.15. The lowest BCUT2D eigenvalue weighted by atomic mass is 10.1. The molecular formula is C14H15Br2N3. The van der Waals surface area contributed by atoms with Crippen molar-refractivity contribution in [2.75, 3.05) is 5.73 Å². The summed E-state index contributed by atoms with van der Waals surface area (Å²) in [5.41, 5.74) is 9.02. The van der Waals surface area contributed by atoms with Crippen LogP contribution in [0, 0.1) is 6.92 Å². The highest BCUT2D eigenvalue weighted by Crippen LogP contribution is 2.32. The van der Waals surface area contributed by atoms with Gasteiger partial charge in [-0.1, -0.05) is 35.8 Å². The number of hydrogen-bond acceptors (Lipinski definition) is 3. The van der Waals surface area contributed by atoms with E-state index < -0.39 is 0 Å². The Morgan fingerprint density at radius 1 is 1.16 bits per heavy atom. The van der Waals surface area contributed by atoms with E-state index in [-0.39, 0.29) is 5.92 Å². The van der Waals surface area contributed by atoms with E-state index in [2.05, 4.69) is 55.7 Å². The van der Waals surface area contributed by atoms with E-state index in [0.717, 1.165) is 20.2 Å². The van der Waals surface area contributed by atoms with Crippen molar-refractivity contribution in [3.05, 3.63) is 38.4 Å². The van der Waals surface area contributed by atoms with E-state index >= 15 is 0 Å². The van der Waals surface area contributed by atoms with Crippen molar-refractivity contribution in [2.24, 2.45) is 0 Å². The summed E-state index contributed by atoms with van der Waals surface area (Å²) in [4.78, 5) is 8.99. The van der Waals surface area contributed by atoms with Gasteiger partial charge in [0, 0.05) is 10.0 Å². The maximum absolute atomic E-state index is 5.96. The molecule has 0 aliphatic rings. The van der Waals surface area contributed by atoms with E-state index in [4.69, 9.17) is 5.73 Å². The summed E-state index contributed by atoms with van der Waals surface area (Å²) < 4.78 is 1.76. The molecule has 0 bridgehead atoms. The van der Waals surface area contributed by atoms with Gasteiger partial charge in [-0.25, -0.2) is 9.97 Å². The summed E-state index contributed by atoms with van der Waals surface area (Å²) in [5.74, 6) is 1.40. The van der Waals surface area contributed by atoms with Gasteiger partial charge in [-0.15, -0.1) is 0 Å². The largest absolute Gasteiger partial charge is 0.383 e. The molecule has 19 heavy (non-hydrogen) atoms. The molecule has 0 saturated heterocycles. The van der Waals surface area contributed by atoms with Crippen LogP contribution < -0.4 is 5.73 Å². The molecule has 0 unspecified atom stereocenters. The van der Waals surface area contributed by atoms with Crippen LogP contribution in [0.4, 0.5) is 5.82 Å². The zero-order valence-electron chi connectivity index (χ0n) is 11.0. The molecule has 1 aromatic heterocycles. The molecule has 0 aliphatic carbocycles. The summed E-state index contributed by atoms with van der Waals surface area (Å²) in [6, 6.07) is 6.09. The zero-order valence-corrected chi connectivity index (χ0v) is 14.2. The Morgan fingerprint density at radius 2 is 1.84 bits per heavy atom. The van der Waals surface area contributed by atoms with Gasteiger partial charge in [0.1, 0.15) is 5.82 Å². The molecule has 0 amide bonds. The molecule has 2 N–H and O–H groups in total. The molecule has 0 saturated carbocycles. The van der Waals surface area contributed by atoms with E-state index in [1.807, 2.05) is 25.1 Å². The Kier molecular flexibility index (Phi) is 4.26. The highest BCUT2D eigenvalue weighted by atomic mass is 79.9. The monoisotopic (exact) mass is 383 g/mol. The lowest BCUT2D eigenvalue weighted by Crippen LogP contribution is -2.04. The van der Waals surface area contributed by atoms with Crippen molar-refractivity contribution in [1.29, 1.82) is 0 Å². The second kappa shape index (κ2) is 5.59. The lowest BCUT2D eigenvalue weighted by molar-refractivity contribution is 0.811. The first-order chi connectivity index (χ1) is 8.90. The Hall–Kier alpha value is -0.940.